The van der Waals surface area contributed by atoms with Gasteiger partial charge in [0.25, 0.3) is 0 Å². The first-order chi connectivity index (χ1) is 9.69. The lowest BCUT2D eigenvalue weighted by Gasteiger charge is -2.05. The Morgan fingerprint density at radius 1 is 1.25 bits per heavy atom. The maximum Gasteiger partial charge on any atom is 0.238 e. The highest BCUT2D eigenvalue weighted by molar-refractivity contribution is 7.98. The fourth-order valence-electron chi connectivity index (χ4n) is 1.62. The summed E-state index contributed by atoms with van der Waals surface area (Å²) in [6, 6.07) is 11.5. The Balaban J connectivity index is 1.94. The van der Waals surface area contributed by atoms with Crippen molar-refractivity contribution in [3.05, 3.63) is 58.7 Å². The number of hydrogen-bond donors (Lipinski definition) is 2. The van der Waals surface area contributed by atoms with Gasteiger partial charge in [0.05, 0.1) is 11.4 Å². The van der Waals surface area contributed by atoms with Crippen LogP contribution in [0.3, 0.4) is 0 Å². The minimum absolute atomic E-state index is 0.201. The largest absolute Gasteiger partial charge is 0.294 e. The van der Waals surface area contributed by atoms with Crippen LogP contribution in [0.5, 0.6) is 0 Å². The summed E-state index contributed by atoms with van der Waals surface area (Å²) < 4.78 is 0. The number of thioether (sulfide) groups is 1. The first-order valence-corrected chi connectivity index (χ1v) is 7.36. The molecule has 1 aromatic heterocycles. The molecular weight excluding hydrogens is 294 g/mol. The SMILES string of the molecule is NNC(=O)Cc1ccc(CSc2ncccc2Cl)cc1. The number of halogens is 1. The molecule has 0 bridgehead atoms. The molecule has 1 aromatic carbocycles. The number of carbonyl (C=O) groups excluding carboxylic acids is 1. The minimum atomic E-state index is -0.201. The van der Waals surface area contributed by atoms with Crippen LogP contribution in [0.2, 0.25) is 5.02 Å². The molecule has 0 atom stereocenters. The molecule has 104 valence electrons. The number of hydrazine groups is 1. The van der Waals surface area contributed by atoms with E-state index in [0.717, 1.165) is 21.9 Å². The van der Waals surface area contributed by atoms with Crippen molar-refractivity contribution in [2.24, 2.45) is 5.84 Å². The average molecular weight is 308 g/mol. The molecule has 3 N–H and O–H groups in total. The van der Waals surface area contributed by atoms with Crippen LogP contribution in [0.1, 0.15) is 11.1 Å². The maximum absolute atomic E-state index is 11.2. The van der Waals surface area contributed by atoms with E-state index in [0.29, 0.717) is 5.02 Å². The highest BCUT2D eigenvalue weighted by atomic mass is 35.5. The van der Waals surface area contributed by atoms with Gasteiger partial charge in [0, 0.05) is 11.9 Å². The van der Waals surface area contributed by atoms with Crippen LogP contribution in [0, 0.1) is 0 Å². The van der Waals surface area contributed by atoms with Crippen molar-refractivity contribution in [3.8, 4) is 0 Å². The average Bonchev–Trinajstić information content (AvgIpc) is 2.48. The molecule has 0 aliphatic heterocycles. The zero-order valence-electron chi connectivity index (χ0n) is 10.7. The number of rotatable bonds is 5. The molecule has 1 amide bonds. The van der Waals surface area contributed by atoms with Gasteiger partial charge < -0.3 is 0 Å². The quantitative estimate of drug-likeness (QED) is 0.385. The second-order valence-corrected chi connectivity index (χ2v) is 5.51. The van der Waals surface area contributed by atoms with Crippen molar-refractivity contribution in [2.75, 3.05) is 0 Å². The Morgan fingerprint density at radius 3 is 2.60 bits per heavy atom. The van der Waals surface area contributed by atoms with E-state index in [9.17, 15) is 4.79 Å². The third-order valence-corrected chi connectivity index (χ3v) is 4.14. The molecule has 0 spiro atoms. The van der Waals surface area contributed by atoms with Crippen molar-refractivity contribution in [1.82, 2.24) is 10.4 Å². The molecule has 0 aliphatic carbocycles. The number of nitrogens with zero attached hydrogens (tertiary/aromatic N) is 1. The Labute approximate surface area is 126 Å². The van der Waals surface area contributed by atoms with Crippen LogP contribution in [0.25, 0.3) is 0 Å². The Morgan fingerprint density at radius 2 is 1.95 bits per heavy atom. The van der Waals surface area contributed by atoms with Gasteiger partial charge in [0.15, 0.2) is 0 Å². The van der Waals surface area contributed by atoms with E-state index in [1.54, 1.807) is 18.0 Å². The van der Waals surface area contributed by atoms with Gasteiger partial charge in [-0.05, 0) is 23.3 Å². The first-order valence-electron chi connectivity index (χ1n) is 5.99. The highest BCUT2D eigenvalue weighted by Gasteiger charge is 2.04. The second kappa shape index (κ2) is 7.28. The molecule has 6 heteroatoms. The molecule has 1 heterocycles. The topological polar surface area (TPSA) is 68.0 Å². The van der Waals surface area contributed by atoms with Gasteiger partial charge in [-0.3, -0.25) is 10.2 Å². The predicted molar refractivity (Wildman–Crippen MR) is 81.3 cm³/mol. The van der Waals surface area contributed by atoms with E-state index in [1.165, 1.54) is 0 Å². The van der Waals surface area contributed by atoms with Gasteiger partial charge in [-0.2, -0.15) is 0 Å². The van der Waals surface area contributed by atoms with Gasteiger partial charge in [-0.25, -0.2) is 10.8 Å². The van der Waals surface area contributed by atoms with Crippen molar-refractivity contribution >= 4 is 29.3 Å². The number of hydrogen-bond acceptors (Lipinski definition) is 4. The normalized spacial score (nSPS) is 10.3. The molecule has 0 radical (unpaired) electrons. The molecule has 0 unspecified atom stereocenters. The molecule has 0 aliphatic rings. The van der Waals surface area contributed by atoms with Crippen molar-refractivity contribution in [3.63, 3.8) is 0 Å². The zero-order valence-corrected chi connectivity index (χ0v) is 12.2. The first kappa shape index (κ1) is 14.8. The molecule has 2 aromatic rings. The van der Waals surface area contributed by atoms with E-state index in [1.807, 2.05) is 36.4 Å². The number of benzene rings is 1. The van der Waals surface area contributed by atoms with Crippen LogP contribution in [0.15, 0.2) is 47.6 Å². The fourth-order valence-corrected chi connectivity index (χ4v) is 2.74. The summed E-state index contributed by atoms with van der Waals surface area (Å²) in [4.78, 5) is 15.4. The van der Waals surface area contributed by atoms with Crippen LogP contribution in [0.4, 0.5) is 0 Å². The lowest BCUT2D eigenvalue weighted by molar-refractivity contribution is -0.120. The van der Waals surface area contributed by atoms with Gasteiger partial charge in [0.1, 0.15) is 5.03 Å². The number of nitrogens with two attached hydrogens (primary N) is 1. The monoisotopic (exact) mass is 307 g/mol. The standard InChI is InChI=1S/C14H14ClN3OS/c15-12-2-1-7-17-14(12)20-9-11-5-3-10(4-6-11)8-13(19)18-16/h1-7H,8-9,16H2,(H,18,19). The van der Waals surface area contributed by atoms with Gasteiger partial charge in [-0.15, -0.1) is 11.8 Å². The summed E-state index contributed by atoms with van der Waals surface area (Å²) in [6.07, 6.45) is 2.01. The third kappa shape index (κ3) is 4.23. The summed E-state index contributed by atoms with van der Waals surface area (Å²) in [5.41, 5.74) is 4.19. The lowest BCUT2D eigenvalue weighted by Crippen LogP contribution is -2.31. The molecule has 0 saturated heterocycles. The van der Waals surface area contributed by atoms with Crippen molar-refractivity contribution in [2.45, 2.75) is 17.2 Å². The maximum atomic E-state index is 11.2. The molecule has 2 rings (SSSR count). The summed E-state index contributed by atoms with van der Waals surface area (Å²) in [5, 5.41) is 1.48. The van der Waals surface area contributed by atoms with Crippen LogP contribution < -0.4 is 11.3 Å². The van der Waals surface area contributed by atoms with Crippen molar-refractivity contribution < 1.29 is 4.79 Å². The smallest absolute Gasteiger partial charge is 0.238 e. The molecular formula is C14H14ClN3OS. The van der Waals surface area contributed by atoms with E-state index < -0.39 is 0 Å². The Bertz CT molecular complexity index is 589. The molecule has 20 heavy (non-hydrogen) atoms. The second-order valence-electron chi connectivity index (χ2n) is 4.14. The molecule has 0 fully saturated rings. The zero-order chi connectivity index (χ0) is 14.4. The molecule has 0 saturated carbocycles. The van der Waals surface area contributed by atoms with E-state index in [2.05, 4.69) is 10.4 Å². The Hall–Kier alpha value is -1.56. The number of aromatic nitrogens is 1. The van der Waals surface area contributed by atoms with Crippen LogP contribution in [-0.2, 0) is 17.0 Å². The van der Waals surface area contributed by atoms with E-state index >= 15 is 0 Å². The number of nitrogens with one attached hydrogen (secondary N) is 1. The predicted octanol–water partition coefficient (Wildman–Crippen LogP) is 2.56. The van der Waals surface area contributed by atoms with Crippen LogP contribution >= 0.6 is 23.4 Å². The van der Waals surface area contributed by atoms with Gasteiger partial charge in [-0.1, -0.05) is 35.9 Å². The number of amides is 1. The van der Waals surface area contributed by atoms with E-state index in [4.69, 9.17) is 17.4 Å². The highest BCUT2D eigenvalue weighted by Crippen LogP contribution is 2.27. The Kier molecular flexibility index (Phi) is 5.40. The lowest BCUT2D eigenvalue weighted by atomic mass is 10.1. The summed E-state index contributed by atoms with van der Waals surface area (Å²) >= 11 is 7.63. The number of carbonyl (C=O) groups is 1. The minimum Gasteiger partial charge on any atom is -0.294 e. The fraction of sp³-hybridized carbons (Fsp3) is 0.143. The van der Waals surface area contributed by atoms with Gasteiger partial charge >= 0.3 is 0 Å². The summed E-state index contributed by atoms with van der Waals surface area (Å²) in [5.74, 6) is 5.63. The van der Waals surface area contributed by atoms with Crippen LogP contribution in [-0.4, -0.2) is 10.9 Å². The third-order valence-electron chi connectivity index (χ3n) is 2.65. The van der Waals surface area contributed by atoms with Crippen molar-refractivity contribution in [1.29, 1.82) is 0 Å². The van der Waals surface area contributed by atoms with Gasteiger partial charge in [0.2, 0.25) is 5.91 Å². The molecule has 4 nitrogen and oxygen atoms in total. The van der Waals surface area contributed by atoms with E-state index in [-0.39, 0.29) is 12.3 Å². The summed E-state index contributed by atoms with van der Waals surface area (Å²) in [6.45, 7) is 0. The summed E-state index contributed by atoms with van der Waals surface area (Å²) in [7, 11) is 0. The number of pyridine rings is 1.